The number of nitrogens with one attached hydrogen (secondary N) is 1. The molecule has 0 aliphatic carbocycles. The Kier molecular flexibility index (Phi) is 6.13. The lowest BCUT2D eigenvalue weighted by molar-refractivity contribution is 0.557. The van der Waals surface area contributed by atoms with Crippen LogP contribution in [0.5, 0.6) is 0 Å². The fourth-order valence-electron chi connectivity index (χ4n) is 1.70. The van der Waals surface area contributed by atoms with Gasteiger partial charge in [0.15, 0.2) is 0 Å². The number of nitrogens with two attached hydrogens (primary N) is 1. The van der Waals surface area contributed by atoms with Crippen LogP contribution in [0.15, 0.2) is 10.3 Å². The van der Waals surface area contributed by atoms with E-state index < -0.39 is 10.0 Å². The maximum atomic E-state index is 12.4. The predicted octanol–water partition coefficient (Wildman–Crippen LogP) is 1.94. The van der Waals surface area contributed by atoms with Crippen molar-refractivity contribution in [3.05, 3.63) is 15.8 Å². The van der Waals surface area contributed by atoms with Crippen molar-refractivity contribution < 1.29 is 8.42 Å². The molecule has 1 heterocycles. The molecule has 1 aromatic rings. The number of thioether (sulfide) groups is 1. The van der Waals surface area contributed by atoms with Crippen LogP contribution in [-0.2, 0) is 16.6 Å². The number of sulfonamides is 1. The molecule has 1 atom stereocenters. The molecule has 0 radical (unpaired) electrons. The van der Waals surface area contributed by atoms with Crippen LogP contribution in [0, 0.1) is 6.92 Å². The summed E-state index contributed by atoms with van der Waals surface area (Å²) in [6.45, 7) is 4.04. The lowest BCUT2D eigenvalue weighted by Gasteiger charge is -2.16. The summed E-state index contributed by atoms with van der Waals surface area (Å²) in [5.74, 6) is 0.775. The van der Waals surface area contributed by atoms with E-state index in [2.05, 4.69) is 4.72 Å². The van der Waals surface area contributed by atoms with Crippen LogP contribution in [0.4, 0.5) is 0 Å². The largest absolute Gasteiger partial charge is 0.326 e. The average Bonchev–Trinajstić information content (AvgIpc) is 2.70. The quantitative estimate of drug-likeness (QED) is 0.807. The summed E-state index contributed by atoms with van der Waals surface area (Å²) in [7, 11) is -3.46. The van der Waals surface area contributed by atoms with E-state index in [1.54, 1.807) is 18.7 Å². The molecule has 1 aromatic heterocycles. The van der Waals surface area contributed by atoms with Crippen LogP contribution in [0.1, 0.15) is 23.8 Å². The van der Waals surface area contributed by atoms with E-state index in [0.717, 1.165) is 22.6 Å². The van der Waals surface area contributed by atoms with E-state index in [4.69, 9.17) is 5.73 Å². The Hall–Kier alpha value is -0.0800. The zero-order valence-corrected chi connectivity index (χ0v) is 13.3. The van der Waals surface area contributed by atoms with Crippen molar-refractivity contribution in [1.29, 1.82) is 0 Å². The Bertz CT molecular complexity index is 482. The van der Waals surface area contributed by atoms with E-state index in [9.17, 15) is 8.42 Å². The van der Waals surface area contributed by atoms with Gasteiger partial charge in [-0.1, -0.05) is 6.92 Å². The molecule has 0 spiro atoms. The van der Waals surface area contributed by atoms with Crippen LogP contribution in [0.3, 0.4) is 0 Å². The third kappa shape index (κ3) is 3.71. The Morgan fingerprint density at radius 1 is 1.56 bits per heavy atom. The number of aryl methyl sites for hydroxylation is 1. The van der Waals surface area contributed by atoms with Gasteiger partial charge in [-0.15, -0.1) is 11.3 Å². The first-order valence-electron chi connectivity index (χ1n) is 5.74. The molecule has 4 nitrogen and oxygen atoms in total. The minimum Gasteiger partial charge on any atom is -0.326 e. The van der Waals surface area contributed by atoms with Crippen LogP contribution < -0.4 is 10.5 Å². The van der Waals surface area contributed by atoms with Crippen LogP contribution >= 0.6 is 23.1 Å². The SMILES string of the molecule is CCC(CSC)NS(=O)(=O)c1c(C)csc1CN. The summed E-state index contributed by atoms with van der Waals surface area (Å²) in [5, 5.41) is 1.84. The van der Waals surface area contributed by atoms with Crippen LogP contribution in [0.25, 0.3) is 0 Å². The minimum absolute atomic E-state index is 0.0325. The molecule has 7 heteroatoms. The summed E-state index contributed by atoms with van der Waals surface area (Å²) >= 11 is 3.04. The van der Waals surface area contributed by atoms with Gasteiger partial charge < -0.3 is 5.73 Å². The molecule has 0 saturated carbocycles. The van der Waals surface area contributed by atoms with Gasteiger partial charge in [-0.25, -0.2) is 13.1 Å². The van der Waals surface area contributed by atoms with Crippen molar-refractivity contribution >= 4 is 33.1 Å². The smallest absolute Gasteiger partial charge is 0.242 e. The number of hydrogen-bond acceptors (Lipinski definition) is 5. The molecular formula is C11H20N2O2S3. The van der Waals surface area contributed by atoms with E-state index >= 15 is 0 Å². The third-order valence-corrected chi connectivity index (χ3v) is 6.37. The lowest BCUT2D eigenvalue weighted by atomic mass is 10.3. The van der Waals surface area contributed by atoms with Gasteiger partial charge in [0.25, 0.3) is 0 Å². The van der Waals surface area contributed by atoms with E-state index in [1.807, 2.05) is 18.6 Å². The number of hydrogen-bond donors (Lipinski definition) is 2. The van der Waals surface area contributed by atoms with Crippen molar-refractivity contribution in [2.45, 2.75) is 37.8 Å². The fourth-order valence-corrected chi connectivity index (χ4v) is 5.55. The molecule has 3 N–H and O–H groups in total. The maximum Gasteiger partial charge on any atom is 0.242 e. The number of thiophene rings is 1. The molecule has 0 saturated heterocycles. The predicted molar refractivity (Wildman–Crippen MR) is 79.7 cm³/mol. The first kappa shape index (κ1) is 16.0. The monoisotopic (exact) mass is 308 g/mol. The van der Waals surface area contributed by atoms with Crippen molar-refractivity contribution in [3.63, 3.8) is 0 Å². The standard InChI is InChI=1S/C11H20N2O2S3/c1-4-9(7-16-3)13-18(14,15)11-8(2)6-17-10(11)5-12/h6,9,13H,4-5,7,12H2,1-3H3. The molecule has 0 aliphatic heterocycles. The van der Waals surface area contributed by atoms with Gasteiger partial charge in [-0.05, 0) is 30.5 Å². The summed E-state index contributed by atoms with van der Waals surface area (Å²) in [6.07, 6.45) is 2.75. The Morgan fingerprint density at radius 2 is 2.22 bits per heavy atom. The van der Waals surface area contributed by atoms with E-state index in [0.29, 0.717) is 4.90 Å². The molecule has 1 rings (SSSR count). The minimum atomic E-state index is -3.46. The first-order valence-corrected chi connectivity index (χ1v) is 9.50. The molecule has 0 aromatic carbocycles. The van der Waals surface area contributed by atoms with Gasteiger partial charge in [0.05, 0.1) is 0 Å². The van der Waals surface area contributed by atoms with Gasteiger partial charge in [-0.2, -0.15) is 11.8 Å². The van der Waals surface area contributed by atoms with E-state index in [1.165, 1.54) is 11.3 Å². The normalized spacial score (nSPS) is 13.8. The molecule has 0 amide bonds. The van der Waals surface area contributed by atoms with Crippen molar-refractivity contribution in [2.75, 3.05) is 12.0 Å². The van der Waals surface area contributed by atoms with Gasteiger partial charge in [-0.3, -0.25) is 0 Å². The molecule has 1 unspecified atom stereocenters. The highest BCUT2D eigenvalue weighted by Gasteiger charge is 2.24. The van der Waals surface area contributed by atoms with E-state index in [-0.39, 0.29) is 12.6 Å². The van der Waals surface area contributed by atoms with Crippen molar-refractivity contribution in [1.82, 2.24) is 4.72 Å². The molecular weight excluding hydrogens is 288 g/mol. The molecule has 104 valence electrons. The second-order valence-electron chi connectivity index (χ2n) is 4.06. The van der Waals surface area contributed by atoms with Crippen molar-refractivity contribution in [2.24, 2.45) is 5.73 Å². The summed E-state index contributed by atoms with van der Waals surface area (Å²) in [4.78, 5) is 1.09. The summed E-state index contributed by atoms with van der Waals surface area (Å²) in [5.41, 5.74) is 6.37. The Labute approximate surface area is 117 Å². The second kappa shape index (κ2) is 6.91. The van der Waals surface area contributed by atoms with Gasteiger partial charge in [0, 0.05) is 23.2 Å². The van der Waals surface area contributed by atoms with Gasteiger partial charge in [0.2, 0.25) is 10.0 Å². The molecule has 0 bridgehead atoms. The average molecular weight is 308 g/mol. The summed E-state index contributed by atoms with van der Waals surface area (Å²) in [6, 6.07) is -0.0325. The van der Waals surface area contributed by atoms with Gasteiger partial charge in [0.1, 0.15) is 4.90 Å². The maximum absolute atomic E-state index is 12.4. The molecule has 18 heavy (non-hydrogen) atoms. The highest BCUT2D eigenvalue weighted by Crippen LogP contribution is 2.26. The molecule has 0 aliphatic rings. The molecule has 0 fully saturated rings. The zero-order valence-electron chi connectivity index (χ0n) is 10.9. The Morgan fingerprint density at radius 3 is 2.72 bits per heavy atom. The Balaban J connectivity index is 3.02. The number of rotatable bonds is 7. The van der Waals surface area contributed by atoms with Gasteiger partial charge >= 0.3 is 0 Å². The first-order chi connectivity index (χ1) is 8.46. The second-order valence-corrected chi connectivity index (χ2v) is 7.58. The highest BCUT2D eigenvalue weighted by molar-refractivity contribution is 7.98. The zero-order chi connectivity index (χ0) is 13.8. The fraction of sp³-hybridized carbons (Fsp3) is 0.636. The van der Waals surface area contributed by atoms with Crippen molar-refractivity contribution in [3.8, 4) is 0 Å². The summed E-state index contributed by atoms with van der Waals surface area (Å²) < 4.78 is 27.5. The van der Waals surface area contributed by atoms with Crippen LogP contribution in [-0.4, -0.2) is 26.5 Å². The van der Waals surface area contributed by atoms with Crippen LogP contribution in [0.2, 0.25) is 0 Å². The lowest BCUT2D eigenvalue weighted by Crippen LogP contribution is -2.36. The topological polar surface area (TPSA) is 72.2 Å². The third-order valence-electron chi connectivity index (χ3n) is 2.63. The highest BCUT2D eigenvalue weighted by atomic mass is 32.2.